The van der Waals surface area contributed by atoms with Crippen molar-refractivity contribution >= 4 is 10.8 Å². The lowest BCUT2D eigenvalue weighted by atomic mass is 10.1. The molecule has 0 aliphatic rings. The summed E-state index contributed by atoms with van der Waals surface area (Å²) in [5, 5.41) is 5.84. The molecule has 0 amide bonds. The van der Waals surface area contributed by atoms with Crippen LogP contribution >= 0.6 is 0 Å². The van der Waals surface area contributed by atoms with Crippen LogP contribution in [-0.4, -0.2) is 9.78 Å². The summed E-state index contributed by atoms with van der Waals surface area (Å²) in [6.45, 7) is 2.55. The first-order valence-corrected chi connectivity index (χ1v) is 6.25. The summed E-state index contributed by atoms with van der Waals surface area (Å²) in [4.78, 5) is 12.3. The van der Waals surface area contributed by atoms with Crippen LogP contribution < -0.4 is 5.56 Å². The maximum Gasteiger partial charge on any atom is 0.274 e. The van der Waals surface area contributed by atoms with Crippen LogP contribution in [0.5, 0.6) is 0 Å². The van der Waals surface area contributed by atoms with Gasteiger partial charge in [-0.05, 0) is 24.1 Å². The van der Waals surface area contributed by atoms with E-state index >= 15 is 0 Å². The normalized spacial score (nSPS) is 10.8. The second kappa shape index (κ2) is 4.69. The van der Waals surface area contributed by atoms with Gasteiger partial charge in [0.2, 0.25) is 0 Å². The third-order valence-electron chi connectivity index (χ3n) is 3.34. The molecule has 0 fully saturated rings. The SMILES string of the molecule is Cc1ccccc1Cn1ncc2ccccc2c1=O. The molecule has 0 atom stereocenters. The molecule has 3 nitrogen and oxygen atoms in total. The molecule has 0 aliphatic heterocycles. The summed E-state index contributed by atoms with van der Waals surface area (Å²) < 4.78 is 1.52. The van der Waals surface area contributed by atoms with Gasteiger partial charge in [-0.15, -0.1) is 0 Å². The predicted molar refractivity (Wildman–Crippen MR) is 76.3 cm³/mol. The Bertz CT molecular complexity index is 790. The number of aromatic nitrogens is 2. The number of nitrogens with zero attached hydrogens (tertiary/aromatic N) is 2. The summed E-state index contributed by atoms with van der Waals surface area (Å²) in [6.07, 6.45) is 1.75. The fourth-order valence-corrected chi connectivity index (χ4v) is 2.19. The molecule has 0 N–H and O–H groups in total. The van der Waals surface area contributed by atoms with E-state index in [0.29, 0.717) is 11.9 Å². The third-order valence-corrected chi connectivity index (χ3v) is 3.34. The van der Waals surface area contributed by atoms with Crippen LogP contribution in [0.2, 0.25) is 0 Å². The van der Waals surface area contributed by atoms with Gasteiger partial charge in [0.25, 0.3) is 5.56 Å². The van der Waals surface area contributed by atoms with Gasteiger partial charge in [-0.1, -0.05) is 42.5 Å². The largest absolute Gasteiger partial charge is 0.274 e. The van der Waals surface area contributed by atoms with Gasteiger partial charge in [0.15, 0.2) is 0 Å². The van der Waals surface area contributed by atoms with Gasteiger partial charge in [0, 0.05) is 5.39 Å². The second-order valence-electron chi connectivity index (χ2n) is 4.62. The van der Waals surface area contributed by atoms with E-state index in [2.05, 4.69) is 5.10 Å². The second-order valence-corrected chi connectivity index (χ2v) is 4.62. The molecular weight excluding hydrogens is 236 g/mol. The van der Waals surface area contributed by atoms with Gasteiger partial charge < -0.3 is 0 Å². The van der Waals surface area contributed by atoms with E-state index in [4.69, 9.17) is 0 Å². The highest BCUT2D eigenvalue weighted by atomic mass is 16.1. The quantitative estimate of drug-likeness (QED) is 0.701. The molecule has 1 heterocycles. The molecule has 0 bridgehead atoms. The minimum Gasteiger partial charge on any atom is -0.267 e. The average molecular weight is 250 g/mol. The standard InChI is InChI=1S/C16H14N2O/c1-12-6-2-3-8-14(12)11-18-16(19)15-9-5-4-7-13(15)10-17-18/h2-10H,11H2,1H3. The average Bonchev–Trinajstić information content (AvgIpc) is 2.44. The third kappa shape index (κ3) is 2.15. The fourth-order valence-electron chi connectivity index (χ4n) is 2.19. The number of benzene rings is 2. The summed E-state index contributed by atoms with van der Waals surface area (Å²) in [7, 11) is 0. The number of hydrogen-bond donors (Lipinski definition) is 0. The maximum absolute atomic E-state index is 12.3. The van der Waals surface area contributed by atoms with Crippen molar-refractivity contribution in [3.8, 4) is 0 Å². The van der Waals surface area contributed by atoms with E-state index in [9.17, 15) is 4.79 Å². The van der Waals surface area contributed by atoms with Crippen LogP contribution in [0.4, 0.5) is 0 Å². The first-order valence-electron chi connectivity index (χ1n) is 6.25. The van der Waals surface area contributed by atoms with Gasteiger partial charge in [-0.3, -0.25) is 4.79 Å². The van der Waals surface area contributed by atoms with E-state index in [0.717, 1.165) is 10.9 Å². The first-order chi connectivity index (χ1) is 9.25. The molecule has 3 heteroatoms. The topological polar surface area (TPSA) is 34.9 Å². The molecule has 0 aliphatic carbocycles. The van der Waals surface area contributed by atoms with Crippen molar-refractivity contribution in [1.29, 1.82) is 0 Å². The molecule has 1 aromatic heterocycles. The van der Waals surface area contributed by atoms with Crippen LogP contribution in [0.3, 0.4) is 0 Å². The Morgan fingerprint density at radius 2 is 1.79 bits per heavy atom. The van der Waals surface area contributed by atoms with Gasteiger partial charge in [-0.25, -0.2) is 4.68 Å². The Labute approximate surface area is 111 Å². The Morgan fingerprint density at radius 1 is 1.05 bits per heavy atom. The zero-order valence-electron chi connectivity index (χ0n) is 10.7. The van der Waals surface area contributed by atoms with Crippen LogP contribution in [-0.2, 0) is 6.54 Å². The lowest BCUT2D eigenvalue weighted by Gasteiger charge is -2.08. The number of fused-ring (bicyclic) bond motifs is 1. The molecule has 94 valence electrons. The highest BCUT2D eigenvalue weighted by Gasteiger charge is 2.05. The molecule has 2 aromatic carbocycles. The molecule has 0 saturated carbocycles. The first kappa shape index (κ1) is 11.7. The molecule has 0 spiro atoms. The van der Waals surface area contributed by atoms with E-state index in [1.54, 1.807) is 6.20 Å². The highest BCUT2D eigenvalue weighted by Crippen LogP contribution is 2.10. The number of hydrogen-bond acceptors (Lipinski definition) is 2. The van der Waals surface area contributed by atoms with Crippen molar-refractivity contribution in [3.63, 3.8) is 0 Å². The van der Waals surface area contributed by atoms with E-state index < -0.39 is 0 Å². The van der Waals surface area contributed by atoms with E-state index in [-0.39, 0.29) is 5.56 Å². The van der Waals surface area contributed by atoms with Gasteiger partial charge >= 0.3 is 0 Å². The monoisotopic (exact) mass is 250 g/mol. The molecule has 3 aromatic rings. The van der Waals surface area contributed by atoms with Gasteiger partial charge in [0.05, 0.1) is 18.1 Å². The minimum atomic E-state index is -0.0404. The summed E-state index contributed by atoms with van der Waals surface area (Å²) in [5.74, 6) is 0. The Morgan fingerprint density at radius 3 is 2.63 bits per heavy atom. The van der Waals surface area contributed by atoms with Crippen molar-refractivity contribution in [1.82, 2.24) is 9.78 Å². The minimum absolute atomic E-state index is 0.0404. The Kier molecular flexibility index (Phi) is 2.88. The van der Waals surface area contributed by atoms with Crippen molar-refractivity contribution in [3.05, 3.63) is 76.2 Å². The lowest BCUT2D eigenvalue weighted by molar-refractivity contribution is 0.645. The predicted octanol–water partition coefficient (Wildman–Crippen LogP) is 2.75. The number of rotatable bonds is 2. The molecule has 19 heavy (non-hydrogen) atoms. The van der Waals surface area contributed by atoms with Crippen LogP contribution in [0.1, 0.15) is 11.1 Å². The molecule has 0 saturated heterocycles. The van der Waals surface area contributed by atoms with Crippen molar-refractivity contribution < 1.29 is 0 Å². The summed E-state index contributed by atoms with van der Waals surface area (Å²) in [5.41, 5.74) is 2.25. The van der Waals surface area contributed by atoms with Crippen LogP contribution in [0, 0.1) is 6.92 Å². The fraction of sp³-hybridized carbons (Fsp3) is 0.125. The lowest BCUT2D eigenvalue weighted by Crippen LogP contribution is -2.23. The molecule has 3 rings (SSSR count). The Hall–Kier alpha value is -2.42. The van der Waals surface area contributed by atoms with Crippen molar-refractivity contribution in [2.75, 3.05) is 0 Å². The zero-order valence-corrected chi connectivity index (χ0v) is 10.7. The molecular formula is C16H14N2O. The molecule has 0 radical (unpaired) electrons. The van der Waals surface area contributed by atoms with Crippen LogP contribution in [0.25, 0.3) is 10.8 Å². The summed E-state index contributed by atoms with van der Waals surface area (Å²) in [6, 6.07) is 15.6. The summed E-state index contributed by atoms with van der Waals surface area (Å²) >= 11 is 0. The zero-order chi connectivity index (χ0) is 13.2. The van der Waals surface area contributed by atoms with Crippen molar-refractivity contribution in [2.45, 2.75) is 13.5 Å². The van der Waals surface area contributed by atoms with E-state index in [1.165, 1.54) is 10.2 Å². The Balaban J connectivity index is 2.10. The van der Waals surface area contributed by atoms with Gasteiger partial charge in [0.1, 0.15) is 0 Å². The molecule has 0 unspecified atom stereocenters. The smallest absolute Gasteiger partial charge is 0.267 e. The highest BCUT2D eigenvalue weighted by molar-refractivity contribution is 5.80. The van der Waals surface area contributed by atoms with Gasteiger partial charge in [-0.2, -0.15) is 5.10 Å². The van der Waals surface area contributed by atoms with Crippen molar-refractivity contribution in [2.24, 2.45) is 0 Å². The number of aryl methyl sites for hydroxylation is 1. The maximum atomic E-state index is 12.3. The van der Waals surface area contributed by atoms with E-state index in [1.807, 2.05) is 55.5 Å². The van der Waals surface area contributed by atoms with Crippen LogP contribution in [0.15, 0.2) is 59.5 Å².